The van der Waals surface area contributed by atoms with Crippen LogP contribution in [-0.2, 0) is 9.47 Å². The van der Waals surface area contributed by atoms with Crippen LogP contribution in [0.25, 0.3) is 21.8 Å². The Morgan fingerprint density at radius 3 is 2.71 bits per heavy atom. The van der Waals surface area contributed by atoms with Crippen LogP contribution in [0, 0.1) is 12.8 Å². The molecule has 2 aromatic heterocycles. The van der Waals surface area contributed by atoms with Crippen LogP contribution < -0.4 is 11.3 Å². The molecule has 9 heteroatoms. The number of nitrogens with one attached hydrogen (secondary N) is 1. The van der Waals surface area contributed by atoms with E-state index in [1.165, 1.54) is 0 Å². The van der Waals surface area contributed by atoms with E-state index in [-0.39, 0.29) is 24.2 Å². The van der Waals surface area contributed by atoms with Gasteiger partial charge in [-0.1, -0.05) is 0 Å². The fourth-order valence-electron chi connectivity index (χ4n) is 5.36. The van der Waals surface area contributed by atoms with Gasteiger partial charge >= 0.3 is 0 Å². The van der Waals surface area contributed by atoms with Gasteiger partial charge in [0.2, 0.25) is 0 Å². The second-order valence-corrected chi connectivity index (χ2v) is 9.46. The monoisotopic (exact) mass is 467 g/mol. The number of ether oxygens (including phenoxy) is 2. The fraction of sp³-hybridized carbons (Fsp3) is 0.560. The first-order valence-electron chi connectivity index (χ1n) is 12.3. The van der Waals surface area contributed by atoms with Gasteiger partial charge in [0.15, 0.2) is 0 Å². The number of nitrogens with two attached hydrogens (primary N) is 1. The molecule has 0 atom stereocenters. The third kappa shape index (κ3) is 4.35. The van der Waals surface area contributed by atoms with Gasteiger partial charge in [-0.3, -0.25) is 14.3 Å². The molecule has 2 aliphatic heterocycles. The van der Waals surface area contributed by atoms with Crippen LogP contribution in [0.2, 0.25) is 0 Å². The summed E-state index contributed by atoms with van der Waals surface area (Å²) in [7, 11) is 0. The number of pyridine rings is 1. The van der Waals surface area contributed by atoms with Gasteiger partial charge in [-0.25, -0.2) is 0 Å². The van der Waals surface area contributed by atoms with Crippen LogP contribution in [0.15, 0.2) is 23.1 Å². The average Bonchev–Trinajstić information content (AvgIpc) is 3.31. The van der Waals surface area contributed by atoms with E-state index >= 15 is 0 Å². The predicted octanol–water partition coefficient (Wildman–Crippen LogP) is 2.71. The lowest BCUT2D eigenvalue weighted by atomic mass is 9.93. The second-order valence-electron chi connectivity index (χ2n) is 9.46. The Bertz CT molecular complexity index is 1240. The summed E-state index contributed by atoms with van der Waals surface area (Å²) in [5, 5.41) is 6.00. The van der Waals surface area contributed by atoms with Crippen LogP contribution >= 0.6 is 0 Å². The summed E-state index contributed by atoms with van der Waals surface area (Å²) >= 11 is 0. The zero-order valence-corrected chi connectivity index (χ0v) is 19.7. The van der Waals surface area contributed by atoms with Crippen LogP contribution in [0.5, 0.6) is 0 Å². The molecule has 2 aliphatic rings. The summed E-state index contributed by atoms with van der Waals surface area (Å²) in [6.45, 7) is 5.71. The summed E-state index contributed by atoms with van der Waals surface area (Å²) < 4.78 is 12.8. The maximum atomic E-state index is 13.5. The van der Waals surface area contributed by atoms with Crippen molar-refractivity contribution in [2.45, 2.75) is 45.1 Å². The molecule has 9 nitrogen and oxygen atoms in total. The Morgan fingerprint density at radius 2 is 1.97 bits per heavy atom. The molecule has 4 heterocycles. The Morgan fingerprint density at radius 1 is 1.21 bits per heavy atom. The number of likely N-dealkylation sites (tertiary alicyclic amines) is 1. The van der Waals surface area contributed by atoms with Gasteiger partial charge in [-0.15, -0.1) is 0 Å². The van der Waals surface area contributed by atoms with E-state index < -0.39 is 0 Å². The normalized spacial score (nSPS) is 18.2. The first kappa shape index (κ1) is 23.0. The summed E-state index contributed by atoms with van der Waals surface area (Å²) in [5.74, 6) is 0.611. The largest absolute Gasteiger partial charge is 0.381 e. The van der Waals surface area contributed by atoms with Crippen LogP contribution in [-0.4, -0.2) is 65.2 Å². The maximum absolute atomic E-state index is 13.5. The third-order valence-corrected chi connectivity index (χ3v) is 7.37. The number of hydrogen-bond donors (Lipinski definition) is 2. The molecule has 0 aliphatic carbocycles. The molecule has 3 aromatic rings. The van der Waals surface area contributed by atoms with Crippen LogP contribution in [0.3, 0.4) is 0 Å². The third-order valence-electron chi connectivity index (χ3n) is 7.37. The van der Waals surface area contributed by atoms with Crippen molar-refractivity contribution in [3.63, 3.8) is 0 Å². The minimum absolute atomic E-state index is 0.0486. The Balaban J connectivity index is 1.46. The SMILES string of the molecule is Cc1cc2[nH]c(=O)c3cnn(C4CCOCC4)c3c2cc1C(=O)N1CCC(CCOCN)CC1. The molecule has 34 heavy (non-hydrogen) atoms. The molecule has 2 fully saturated rings. The number of nitrogens with zero attached hydrogens (tertiary/aromatic N) is 3. The van der Waals surface area contributed by atoms with E-state index in [9.17, 15) is 9.59 Å². The number of carbonyl (C=O) groups is 1. The number of aromatic amines is 1. The number of amides is 1. The van der Waals surface area contributed by atoms with Crippen molar-refractivity contribution in [1.29, 1.82) is 0 Å². The molecule has 1 amide bonds. The van der Waals surface area contributed by atoms with Gasteiger partial charge in [0.25, 0.3) is 11.5 Å². The number of H-pyrrole nitrogens is 1. The van der Waals surface area contributed by atoms with Crippen molar-refractivity contribution in [2.24, 2.45) is 11.7 Å². The molecule has 0 bridgehead atoms. The molecule has 5 rings (SSSR count). The fourth-order valence-corrected chi connectivity index (χ4v) is 5.36. The molecular formula is C25H33N5O4. The highest BCUT2D eigenvalue weighted by Gasteiger charge is 2.26. The van der Waals surface area contributed by atoms with E-state index in [4.69, 9.17) is 15.2 Å². The molecule has 0 saturated carbocycles. The maximum Gasteiger partial charge on any atom is 0.259 e. The van der Waals surface area contributed by atoms with Crippen molar-refractivity contribution >= 4 is 27.7 Å². The highest BCUT2D eigenvalue weighted by Crippen LogP contribution is 2.31. The van der Waals surface area contributed by atoms with Gasteiger partial charge in [0.05, 0.1) is 35.4 Å². The highest BCUT2D eigenvalue weighted by molar-refractivity contribution is 6.07. The summed E-state index contributed by atoms with van der Waals surface area (Å²) in [5.41, 5.74) is 8.34. The molecular weight excluding hydrogens is 434 g/mol. The van der Waals surface area contributed by atoms with E-state index in [1.807, 2.05) is 28.6 Å². The molecule has 1 aromatic carbocycles. The summed E-state index contributed by atoms with van der Waals surface area (Å²) in [6, 6.07) is 4.05. The molecule has 0 radical (unpaired) electrons. The van der Waals surface area contributed by atoms with Gasteiger partial charge in [0, 0.05) is 43.9 Å². The van der Waals surface area contributed by atoms with Gasteiger partial charge in [-0.2, -0.15) is 5.10 Å². The Hall–Kier alpha value is -2.75. The zero-order chi connectivity index (χ0) is 23.7. The predicted molar refractivity (Wildman–Crippen MR) is 130 cm³/mol. The first-order valence-corrected chi connectivity index (χ1v) is 12.3. The number of carbonyl (C=O) groups excluding carboxylic acids is 1. The zero-order valence-electron chi connectivity index (χ0n) is 19.7. The number of aryl methyl sites for hydroxylation is 1. The van der Waals surface area contributed by atoms with E-state index in [2.05, 4.69) is 10.1 Å². The van der Waals surface area contributed by atoms with Crippen LogP contribution in [0.1, 0.15) is 54.1 Å². The minimum Gasteiger partial charge on any atom is -0.381 e. The Labute approximate surface area is 198 Å². The quantitative estimate of drug-likeness (QED) is 0.425. The lowest BCUT2D eigenvalue weighted by Gasteiger charge is -2.32. The van der Waals surface area contributed by atoms with Crippen molar-refractivity contribution in [1.82, 2.24) is 19.7 Å². The summed E-state index contributed by atoms with van der Waals surface area (Å²) in [4.78, 5) is 31.2. The van der Waals surface area contributed by atoms with Crippen molar-refractivity contribution in [2.75, 3.05) is 39.6 Å². The minimum atomic E-state index is -0.153. The van der Waals surface area contributed by atoms with E-state index in [0.717, 1.165) is 67.2 Å². The molecule has 0 unspecified atom stereocenters. The number of fused-ring (bicyclic) bond motifs is 3. The van der Waals surface area contributed by atoms with E-state index in [0.29, 0.717) is 36.7 Å². The number of benzene rings is 1. The van der Waals surface area contributed by atoms with Crippen molar-refractivity contribution < 1.29 is 14.3 Å². The summed E-state index contributed by atoms with van der Waals surface area (Å²) in [6.07, 6.45) is 6.28. The van der Waals surface area contributed by atoms with Crippen LogP contribution in [0.4, 0.5) is 0 Å². The first-order chi connectivity index (χ1) is 16.6. The Kier molecular flexibility index (Phi) is 6.67. The number of rotatable bonds is 6. The topological polar surface area (TPSA) is 115 Å². The smallest absolute Gasteiger partial charge is 0.259 e. The second kappa shape index (κ2) is 9.85. The van der Waals surface area contributed by atoms with E-state index in [1.54, 1.807) is 6.20 Å². The molecule has 2 saturated heterocycles. The number of hydrogen-bond acceptors (Lipinski definition) is 6. The van der Waals surface area contributed by atoms with Gasteiger partial charge in [0.1, 0.15) is 0 Å². The number of piperidine rings is 1. The van der Waals surface area contributed by atoms with Crippen molar-refractivity contribution in [3.8, 4) is 0 Å². The molecule has 182 valence electrons. The van der Waals surface area contributed by atoms with Gasteiger partial charge < -0.3 is 25.1 Å². The lowest BCUT2D eigenvalue weighted by molar-refractivity contribution is 0.0654. The highest BCUT2D eigenvalue weighted by atomic mass is 16.5. The van der Waals surface area contributed by atoms with Crippen molar-refractivity contribution in [3.05, 3.63) is 39.8 Å². The molecule has 3 N–H and O–H groups in total. The van der Waals surface area contributed by atoms with Gasteiger partial charge in [-0.05, 0) is 62.6 Å². The lowest BCUT2D eigenvalue weighted by Crippen LogP contribution is -2.39. The number of aromatic nitrogens is 3. The average molecular weight is 468 g/mol. The standard InChI is InChI=1S/C25H33N5O4/c1-16-12-22-20(13-19(16)25(32)29-7-2-17(3-8-29)4-9-34-15-26)23-21(24(31)28-22)14-27-30(23)18-5-10-33-11-6-18/h12-14,17-18H,2-11,15,26H2,1H3,(H,28,31). The molecule has 0 spiro atoms.